The molecule has 0 aliphatic carbocycles. The van der Waals surface area contributed by atoms with Gasteiger partial charge in [-0.25, -0.2) is 10.3 Å². The molecule has 0 bridgehead atoms. The van der Waals surface area contributed by atoms with E-state index in [9.17, 15) is 14.4 Å². The van der Waals surface area contributed by atoms with Crippen molar-refractivity contribution in [3.8, 4) is 17.2 Å². The summed E-state index contributed by atoms with van der Waals surface area (Å²) in [6.07, 6.45) is -0.0857. The summed E-state index contributed by atoms with van der Waals surface area (Å²) in [7, 11) is 4.36. The van der Waals surface area contributed by atoms with E-state index in [4.69, 9.17) is 14.2 Å². The van der Waals surface area contributed by atoms with Gasteiger partial charge in [-0.15, -0.1) is 0 Å². The lowest BCUT2D eigenvalue weighted by atomic mass is 10.1. The monoisotopic (exact) mass is 449 g/mol. The normalized spacial score (nSPS) is 15.6. The molecule has 3 aromatic rings. The third-order valence-corrected chi connectivity index (χ3v) is 5.44. The zero-order chi connectivity index (χ0) is 23.5. The number of amides is 3. The van der Waals surface area contributed by atoms with Gasteiger partial charge < -0.3 is 14.2 Å². The largest absolute Gasteiger partial charge is 0.493 e. The number of hydrogen-bond acceptors (Lipinski definition) is 7. The minimum Gasteiger partial charge on any atom is -0.493 e. The molecule has 1 fully saturated rings. The lowest BCUT2D eigenvalue weighted by Gasteiger charge is -2.18. The Morgan fingerprint density at radius 3 is 2.27 bits per heavy atom. The summed E-state index contributed by atoms with van der Waals surface area (Å²) in [6.45, 7) is 0. The number of imide groups is 1. The molecule has 0 aromatic heterocycles. The maximum absolute atomic E-state index is 13.0. The van der Waals surface area contributed by atoms with E-state index in [1.807, 2.05) is 30.3 Å². The first-order valence-corrected chi connectivity index (χ1v) is 10.2. The standard InChI is InChI=1S/C24H23N3O6/c1-31-19-11-15(12-20(32-2)22(19)33-3)23(29)26-25-17-13-21(28)27(24(17)30)18-10-6-8-14-7-4-5-9-16(14)18/h4-12,17,25H,13H2,1-3H3,(H,26,29). The highest BCUT2D eigenvalue weighted by molar-refractivity contribution is 6.25. The van der Waals surface area contributed by atoms with E-state index in [1.54, 1.807) is 12.1 Å². The van der Waals surface area contributed by atoms with Gasteiger partial charge in [-0.1, -0.05) is 36.4 Å². The Kier molecular flexibility index (Phi) is 6.14. The number of hydrazine groups is 1. The molecule has 33 heavy (non-hydrogen) atoms. The average molecular weight is 449 g/mol. The molecule has 1 saturated heterocycles. The number of anilines is 1. The molecule has 1 unspecified atom stereocenters. The summed E-state index contributed by atoms with van der Waals surface area (Å²) in [6, 6.07) is 15.0. The van der Waals surface area contributed by atoms with E-state index < -0.39 is 17.9 Å². The molecule has 1 aliphatic rings. The van der Waals surface area contributed by atoms with E-state index in [1.165, 1.54) is 33.5 Å². The van der Waals surface area contributed by atoms with Crippen LogP contribution >= 0.6 is 0 Å². The van der Waals surface area contributed by atoms with Crippen LogP contribution in [0.1, 0.15) is 16.8 Å². The number of nitrogens with zero attached hydrogens (tertiary/aromatic N) is 1. The molecule has 3 aromatic carbocycles. The van der Waals surface area contributed by atoms with Crippen molar-refractivity contribution in [3.05, 3.63) is 60.2 Å². The topological polar surface area (TPSA) is 106 Å². The van der Waals surface area contributed by atoms with Gasteiger partial charge in [0, 0.05) is 10.9 Å². The summed E-state index contributed by atoms with van der Waals surface area (Å²) in [5, 5.41) is 1.71. The van der Waals surface area contributed by atoms with Crippen LogP contribution in [0.25, 0.3) is 10.8 Å². The average Bonchev–Trinajstić information content (AvgIpc) is 3.13. The number of ether oxygens (including phenoxy) is 3. The fourth-order valence-electron chi connectivity index (χ4n) is 3.84. The SMILES string of the molecule is COc1cc(C(=O)NNC2CC(=O)N(c3cccc4ccccc34)C2=O)cc(OC)c1OC. The Morgan fingerprint density at radius 2 is 1.61 bits per heavy atom. The fraction of sp³-hybridized carbons (Fsp3) is 0.208. The molecule has 1 heterocycles. The van der Waals surface area contributed by atoms with E-state index in [2.05, 4.69) is 10.9 Å². The molecule has 9 heteroatoms. The molecule has 1 aliphatic heterocycles. The maximum atomic E-state index is 13.0. The van der Waals surface area contributed by atoms with E-state index >= 15 is 0 Å². The summed E-state index contributed by atoms with van der Waals surface area (Å²) >= 11 is 0. The van der Waals surface area contributed by atoms with Gasteiger partial charge in [0.1, 0.15) is 6.04 Å². The van der Waals surface area contributed by atoms with Gasteiger partial charge >= 0.3 is 0 Å². The molecule has 4 rings (SSSR count). The second-order valence-electron chi connectivity index (χ2n) is 7.33. The van der Waals surface area contributed by atoms with Crippen LogP contribution < -0.4 is 30.0 Å². The maximum Gasteiger partial charge on any atom is 0.265 e. The van der Waals surface area contributed by atoms with Gasteiger partial charge in [0.05, 0.1) is 33.4 Å². The number of benzene rings is 3. The fourth-order valence-corrected chi connectivity index (χ4v) is 3.84. The molecule has 2 N–H and O–H groups in total. The first-order valence-electron chi connectivity index (χ1n) is 10.2. The van der Waals surface area contributed by atoms with Crippen LogP contribution in [0.15, 0.2) is 54.6 Å². The summed E-state index contributed by atoms with van der Waals surface area (Å²) < 4.78 is 15.8. The van der Waals surface area contributed by atoms with Crippen molar-refractivity contribution in [1.82, 2.24) is 10.9 Å². The minimum atomic E-state index is -0.901. The van der Waals surface area contributed by atoms with Crippen LogP contribution in [0.3, 0.4) is 0 Å². The quantitative estimate of drug-likeness (QED) is 0.422. The third kappa shape index (κ3) is 4.06. The minimum absolute atomic E-state index is 0.0857. The van der Waals surface area contributed by atoms with E-state index in [0.717, 1.165) is 15.7 Å². The molecule has 1 atom stereocenters. The number of carbonyl (C=O) groups excluding carboxylic acids is 3. The number of rotatable bonds is 7. The zero-order valence-corrected chi connectivity index (χ0v) is 18.4. The molecule has 0 saturated carbocycles. The summed E-state index contributed by atoms with van der Waals surface area (Å²) in [5.74, 6) is -0.338. The molecule has 0 radical (unpaired) electrons. The Morgan fingerprint density at radius 1 is 0.939 bits per heavy atom. The number of fused-ring (bicyclic) bond motifs is 1. The van der Waals surface area contributed by atoms with Gasteiger partial charge in [-0.05, 0) is 23.6 Å². The Balaban J connectivity index is 1.51. The predicted molar refractivity (Wildman–Crippen MR) is 122 cm³/mol. The molecular weight excluding hydrogens is 426 g/mol. The first-order chi connectivity index (χ1) is 16.0. The lowest BCUT2D eigenvalue weighted by molar-refractivity contribution is -0.121. The van der Waals surface area contributed by atoms with Crippen molar-refractivity contribution in [1.29, 1.82) is 0 Å². The van der Waals surface area contributed by atoms with Gasteiger partial charge in [-0.3, -0.25) is 19.8 Å². The van der Waals surface area contributed by atoms with Crippen LogP contribution in [-0.2, 0) is 9.59 Å². The smallest absolute Gasteiger partial charge is 0.265 e. The second kappa shape index (κ2) is 9.17. The van der Waals surface area contributed by atoms with Crippen LogP contribution in [0, 0.1) is 0 Å². The number of nitrogens with one attached hydrogen (secondary N) is 2. The Bertz CT molecular complexity index is 1210. The van der Waals surface area contributed by atoms with Gasteiger partial charge in [0.2, 0.25) is 11.7 Å². The first kappa shape index (κ1) is 22.1. The summed E-state index contributed by atoms with van der Waals surface area (Å²) in [4.78, 5) is 39.6. The highest BCUT2D eigenvalue weighted by Gasteiger charge is 2.40. The predicted octanol–water partition coefficient (Wildman–Crippen LogP) is 2.43. The Hall–Kier alpha value is -4.11. The van der Waals surface area contributed by atoms with Crippen LogP contribution in [0.4, 0.5) is 5.69 Å². The van der Waals surface area contributed by atoms with E-state index in [-0.39, 0.29) is 17.9 Å². The molecule has 0 spiro atoms. The second-order valence-corrected chi connectivity index (χ2v) is 7.33. The van der Waals surface area contributed by atoms with Crippen molar-refractivity contribution < 1.29 is 28.6 Å². The summed E-state index contributed by atoms with van der Waals surface area (Å²) in [5.41, 5.74) is 5.93. The van der Waals surface area contributed by atoms with E-state index in [0.29, 0.717) is 22.9 Å². The molecule has 9 nitrogen and oxygen atoms in total. The highest BCUT2D eigenvalue weighted by atomic mass is 16.5. The number of methoxy groups -OCH3 is 3. The van der Waals surface area contributed by atoms with Crippen LogP contribution in [0.2, 0.25) is 0 Å². The molecule has 3 amide bonds. The number of hydrogen-bond donors (Lipinski definition) is 2. The van der Waals surface area contributed by atoms with Crippen molar-refractivity contribution in [3.63, 3.8) is 0 Å². The highest BCUT2D eigenvalue weighted by Crippen LogP contribution is 2.38. The van der Waals surface area contributed by atoms with Crippen molar-refractivity contribution in [2.75, 3.05) is 26.2 Å². The van der Waals surface area contributed by atoms with Gasteiger partial charge in [0.25, 0.3) is 11.8 Å². The number of carbonyl (C=O) groups is 3. The van der Waals surface area contributed by atoms with Crippen LogP contribution in [0.5, 0.6) is 17.2 Å². The Labute approximate surface area is 190 Å². The van der Waals surface area contributed by atoms with Crippen molar-refractivity contribution >= 4 is 34.2 Å². The van der Waals surface area contributed by atoms with Crippen molar-refractivity contribution in [2.24, 2.45) is 0 Å². The molecule has 170 valence electrons. The molecular formula is C24H23N3O6. The van der Waals surface area contributed by atoms with Crippen LogP contribution in [-0.4, -0.2) is 45.1 Å². The van der Waals surface area contributed by atoms with Gasteiger partial charge in [0.15, 0.2) is 11.5 Å². The zero-order valence-electron chi connectivity index (χ0n) is 18.4. The third-order valence-electron chi connectivity index (χ3n) is 5.44. The van der Waals surface area contributed by atoms with Crippen molar-refractivity contribution in [2.45, 2.75) is 12.5 Å². The van der Waals surface area contributed by atoms with Gasteiger partial charge in [-0.2, -0.15) is 0 Å². The lowest BCUT2D eigenvalue weighted by Crippen LogP contribution is -2.48.